The summed E-state index contributed by atoms with van der Waals surface area (Å²) in [6, 6.07) is 9.18. The summed E-state index contributed by atoms with van der Waals surface area (Å²) in [5, 5.41) is 12.3. The Bertz CT molecular complexity index is 627. The van der Waals surface area contributed by atoms with Crippen molar-refractivity contribution < 1.29 is 0 Å². The molecule has 2 rings (SSSR count). The summed E-state index contributed by atoms with van der Waals surface area (Å²) in [7, 11) is 1.77. The largest absolute Gasteiger partial charge is 0.331 e. The summed E-state index contributed by atoms with van der Waals surface area (Å²) < 4.78 is 0. The minimum Gasteiger partial charge on any atom is -0.331 e. The van der Waals surface area contributed by atoms with E-state index in [4.69, 9.17) is 35.4 Å². The highest BCUT2D eigenvalue weighted by Gasteiger charge is 2.04. The molecule has 1 N–H and O–H groups in total. The van der Waals surface area contributed by atoms with Crippen LogP contribution in [0.2, 0.25) is 10.0 Å². The first-order chi connectivity index (χ1) is 9.56. The van der Waals surface area contributed by atoms with Crippen LogP contribution in [0.4, 0.5) is 5.69 Å². The number of hydrazone groups is 1. The lowest BCUT2D eigenvalue weighted by molar-refractivity contribution is 0.557. The molecule has 0 atom stereocenters. The Kier molecular flexibility index (Phi) is 5.37. The van der Waals surface area contributed by atoms with Crippen LogP contribution in [0.1, 0.15) is 4.88 Å². The summed E-state index contributed by atoms with van der Waals surface area (Å²) >= 11 is 18.7. The lowest BCUT2D eigenvalue weighted by Crippen LogP contribution is -2.26. The number of anilines is 1. The molecule has 2 aromatic rings. The summed E-state index contributed by atoms with van der Waals surface area (Å²) in [4.78, 5) is 1.06. The third kappa shape index (κ3) is 4.18. The van der Waals surface area contributed by atoms with Crippen LogP contribution in [0.5, 0.6) is 0 Å². The molecule has 3 nitrogen and oxygen atoms in total. The first kappa shape index (κ1) is 15.3. The fraction of sp³-hybridized carbons (Fsp3) is 0.0769. The lowest BCUT2D eigenvalue weighted by atomic mass is 10.3. The van der Waals surface area contributed by atoms with E-state index in [2.05, 4.69) is 10.4 Å². The van der Waals surface area contributed by atoms with Gasteiger partial charge in [-0.05, 0) is 41.9 Å². The van der Waals surface area contributed by atoms with Gasteiger partial charge < -0.3 is 5.32 Å². The maximum absolute atomic E-state index is 5.95. The lowest BCUT2D eigenvalue weighted by Gasteiger charge is -2.15. The van der Waals surface area contributed by atoms with E-state index in [1.54, 1.807) is 47.8 Å². The van der Waals surface area contributed by atoms with Gasteiger partial charge in [0.15, 0.2) is 5.11 Å². The average Bonchev–Trinajstić information content (AvgIpc) is 2.93. The number of nitrogens with zero attached hydrogens (tertiary/aromatic N) is 2. The van der Waals surface area contributed by atoms with E-state index in [0.717, 1.165) is 10.6 Å². The second-order valence-corrected chi connectivity index (χ2v) is 6.02. The average molecular weight is 344 g/mol. The van der Waals surface area contributed by atoms with E-state index in [1.165, 1.54) is 0 Å². The molecule has 104 valence electrons. The summed E-state index contributed by atoms with van der Waals surface area (Å²) in [6.45, 7) is 0. The van der Waals surface area contributed by atoms with E-state index >= 15 is 0 Å². The highest BCUT2D eigenvalue weighted by Crippen LogP contribution is 2.25. The predicted octanol–water partition coefficient (Wildman–Crippen LogP) is 4.72. The molecule has 1 heterocycles. The maximum Gasteiger partial charge on any atom is 0.193 e. The fourth-order valence-electron chi connectivity index (χ4n) is 1.34. The Morgan fingerprint density at radius 1 is 1.35 bits per heavy atom. The number of thiophene rings is 1. The summed E-state index contributed by atoms with van der Waals surface area (Å²) in [6.07, 6.45) is 1.76. The van der Waals surface area contributed by atoms with Gasteiger partial charge in [-0.15, -0.1) is 11.3 Å². The zero-order valence-corrected chi connectivity index (χ0v) is 13.7. The van der Waals surface area contributed by atoms with Gasteiger partial charge in [-0.2, -0.15) is 5.10 Å². The molecular weight excluding hydrogens is 333 g/mol. The molecule has 0 fully saturated rings. The Morgan fingerprint density at radius 2 is 2.15 bits per heavy atom. The van der Waals surface area contributed by atoms with Crippen LogP contribution in [0.15, 0.2) is 40.8 Å². The molecule has 0 unspecified atom stereocenters. The Morgan fingerprint density at radius 3 is 2.80 bits per heavy atom. The number of thiocarbonyl (C=S) groups is 1. The van der Waals surface area contributed by atoms with Gasteiger partial charge in [-0.1, -0.05) is 29.3 Å². The normalized spacial score (nSPS) is 10.8. The van der Waals surface area contributed by atoms with Crippen molar-refractivity contribution in [1.82, 2.24) is 5.01 Å². The van der Waals surface area contributed by atoms with Crippen molar-refractivity contribution in [1.29, 1.82) is 0 Å². The van der Waals surface area contributed by atoms with Crippen LogP contribution >= 0.6 is 46.8 Å². The molecule has 1 aromatic heterocycles. The van der Waals surface area contributed by atoms with Crippen LogP contribution in [-0.2, 0) is 0 Å². The number of halogens is 2. The molecule has 0 radical (unpaired) electrons. The van der Waals surface area contributed by atoms with Crippen molar-refractivity contribution in [2.24, 2.45) is 5.10 Å². The van der Waals surface area contributed by atoms with E-state index in [0.29, 0.717) is 15.2 Å². The molecule has 7 heteroatoms. The van der Waals surface area contributed by atoms with Crippen LogP contribution in [0.3, 0.4) is 0 Å². The van der Waals surface area contributed by atoms with E-state index in [-0.39, 0.29) is 0 Å². The molecule has 0 spiro atoms. The van der Waals surface area contributed by atoms with Gasteiger partial charge in [-0.25, -0.2) is 5.01 Å². The number of nitrogens with one attached hydrogen (secondary N) is 1. The molecule has 0 saturated heterocycles. The van der Waals surface area contributed by atoms with Gasteiger partial charge in [0.25, 0.3) is 0 Å². The molecule has 0 aliphatic heterocycles. The molecule has 0 saturated carbocycles. The highest BCUT2D eigenvalue weighted by molar-refractivity contribution is 7.80. The Hall–Kier alpha value is -1.14. The van der Waals surface area contributed by atoms with Gasteiger partial charge >= 0.3 is 0 Å². The minimum atomic E-state index is 0.469. The molecular formula is C13H11Cl2N3S2. The molecule has 1 aromatic carbocycles. The van der Waals surface area contributed by atoms with Gasteiger partial charge in [0.1, 0.15) is 0 Å². The van der Waals surface area contributed by atoms with Gasteiger partial charge in [0.2, 0.25) is 0 Å². The highest BCUT2D eigenvalue weighted by atomic mass is 35.5. The smallest absolute Gasteiger partial charge is 0.193 e. The zero-order chi connectivity index (χ0) is 14.5. The second-order valence-electron chi connectivity index (χ2n) is 3.84. The van der Waals surface area contributed by atoms with Crippen molar-refractivity contribution in [3.05, 3.63) is 50.6 Å². The quantitative estimate of drug-likeness (QED) is 0.496. The molecule has 0 amide bonds. The van der Waals surface area contributed by atoms with Crippen molar-refractivity contribution in [3.8, 4) is 0 Å². The summed E-state index contributed by atoms with van der Waals surface area (Å²) in [5.74, 6) is 0. The van der Waals surface area contributed by atoms with E-state index in [1.807, 2.05) is 17.5 Å². The van der Waals surface area contributed by atoms with Crippen molar-refractivity contribution in [2.45, 2.75) is 0 Å². The van der Waals surface area contributed by atoms with Crippen LogP contribution in [-0.4, -0.2) is 23.4 Å². The number of benzene rings is 1. The summed E-state index contributed by atoms with van der Waals surface area (Å²) in [5.41, 5.74) is 0.766. The van der Waals surface area contributed by atoms with E-state index in [9.17, 15) is 0 Å². The van der Waals surface area contributed by atoms with Crippen molar-refractivity contribution in [3.63, 3.8) is 0 Å². The maximum atomic E-state index is 5.95. The van der Waals surface area contributed by atoms with Crippen molar-refractivity contribution >= 4 is 63.8 Å². The molecule has 0 aliphatic rings. The van der Waals surface area contributed by atoms with Gasteiger partial charge in [0, 0.05) is 17.6 Å². The monoisotopic (exact) mass is 343 g/mol. The SMILES string of the molecule is CN(/N=C/c1cccs1)C(=S)Nc1ccc(Cl)c(Cl)c1. The zero-order valence-electron chi connectivity index (χ0n) is 10.5. The standard InChI is InChI=1S/C13H11Cl2N3S2/c1-18(16-8-10-3-2-6-20-10)13(19)17-9-4-5-11(14)12(15)7-9/h2-8H,1H3,(H,17,19)/b16-8+. The van der Waals surface area contributed by atoms with E-state index < -0.39 is 0 Å². The van der Waals surface area contributed by atoms with Crippen molar-refractivity contribution in [2.75, 3.05) is 12.4 Å². The fourth-order valence-corrected chi connectivity index (χ4v) is 2.38. The molecule has 20 heavy (non-hydrogen) atoms. The molecule has 0 bridgehead atoms. The predicted molar refractivity (Wildman–Crippen MR) is 92.4 cm³/mol. The first-order valence-corrected chi connectivity index (χ1v) is 7.68. The minimum absolute atomic E-state index is 0.469. The Balaban J connectivity index is 1.98. The first-order valence-electron chi connectivity index (χ1n) is 5.63. The van der Waals surface area contributed by atoms with Gasteiger partial charge in [-0.3, -0.25) is 0 Å². The molecule has 0 aliphatic carbocycles. The number of rotatable bonds is 3. The number of hydrogen-bond donors (Lipinski definition) is 1. The van der Waals surface area contributed by atoms with Crippen LogP contribution in [0, 0.1) is 0 Å². The third-order valence-electron chi connectivity index (χ3n) is 2.37. The Labute approximate surface area is 136 Å². The second kappa shape index (κ2) is 7.04. The third-order valence-corrected chi connectivity index (χ3v) is 4.28. The topological polar surface area (TPSA) is 27.6 Å². The van der Waals surface area contributed by atoms with Crippen LogP contribution < -0.4 is 5.32 Å². The number of hydrogen-bond acceptors (Lipinski definition) is 3. The van der Waals surface area contributed by atoms with Gasteiger partial charge in [0.05, 0.1) is 16.3 Å². The van der Waals surface area contributed by atoms with Crippen LogP contribution in [0.25, 0.3) is 0 Å².